The Hall–Kier alpha value is -3.64. The normalized spacial score (nSPS) is 13.1. The lowest BCUT2D eigenvalue weighted by atomic mass is 9.88. The monoisotopic (exact) mass is 487 g/mol. The second-order valence-electron chi connectivity index (χ2n) is 8.37. The van der Waals surface area contributed by atoms with Crippen LogP contribution in [0.4, 0.5) is 0 Å². The molecule has 0 fully saturated rings. The number of hydrogen-bond acceptors (Lipinski definition) is 4. The molecule has 0 aliphatic heterocycles. The fourth-order valence-corrected chi connectivity index (χ4v) is 5.60. The molecule has 6 heteroatoms. The number of aryl methyl sites for hydroxylation is 1. The first-order valence-corrected chi connectivity index (χ1v) is 13.2. The van der Waals surface area contributed by atoms with Gasteiger partial charge in [-0.25, -0.2) is 17.2 Å². The first-order valence-electron chi connectivity index (χ1n) is 11.7. The molecule has 0 N–H and O–H groups in total. The summed E-state index contributed by atoms with van der Waals surface area (Å²) in [6, 6.07) is 24.1. The maximum absolute atomic E-state index is 13.7. The van der Waals surface area contributed by atoms with E-state index in [4.69, 9.17) is 4.74 Å². The second kappa shape index (κ2) is 10.3. The van der Waals surface area contributed by atoms with E-state index in [-0.39, 0.29) is 16.8 Å². The van der Waals surface area contributed by atoms with E-state index < -0.39 is 10.0 Å². The molecule has 1 atom stereocenters. The fraction of sp³-hybridized carbons (Fsp3) is 0.207. The number of carbonyl (C=O) groups is 1. The summed E-state index contributed by atoms with van der Waals surface area (Å²) in [5.41, 5.74) is 3.89. The summed E-state index contributed by atoms with van der Waals surface area (Å²) >= 11 is 0. The van der Waals surface area contributed by atoms with Crippen LogP contribution < -0.4 is 0 Å². The van der Waals surface area contributed by atoms with Crippen molar-refractivity contribution in [2.24, 2.45) is 0 Å². The van der Waals surface area contributed by atoms with E-state index in [0.717, 1.165) is 22.1 Å². The molecule has 0 spiro atoms. The van der Waals surface area contributed by atoms with Crippen LogP contribution in [0.5, 0.6) is 0 Å². The third-order valence-corrected chi connectivity index (χ3v) is 7.75. The van der Waals surface area contributed by atoms with Gasteiger partial charge in [0, 0.05) is 23.1 Å². The minimum Gasteiger partial charge on any atom is -0.463 e. The van der Waals surface area contributed by atoms with Crippen LogP contribution in [-0.2, 0) is 19.6 Å². The Morgan fingerprint density at radius 3 is 2.26 bits per heavy atom. The van der Waals surface area contributed by atoms with Crippen LogP contribution >= 0.6 is 0 Å². The van der Waals surface area contributed by atoms with Crippen molar-refractivity contribution < 1.29 is 17.9 Å². The summed E-state index contributed by atoms with van der Waals surface area (Å²) in [7, 11) is -3.83. The third kappa shape index (κ3) is 4.93. The molecule has 0 aliphatic carbocycles. The number of carbonyl (C=O) groups excluding carboxylic acids is 1. The molecule has 1 unspecified atom stereocenters. The highest BCUT2D eigenvalue weighted by Crippen LogP contribution is 2.36. The summed E-state index contributed by atoms with van der Waals surface area (Å²) in [5.74, 6) is -0.693. The minimum absolute atomic E-state index is 0.225. The SMILES string of the molecule is CCOC(=O)/C(=C\C(c1ccccc1)c1cn(S(=O)(=O)c2ccc(C)cc2)c2ccccc12)CC. The highest BCUT2D eigenvalue weighted by Gasteiger charge is 2.25. The van der Waals surface area contributed by atoms with Crippen LogP contribution in [0.15, 0.2) is 102 Å². The molecule has 1 heterocycles. The first-order chi connectivity index (χ1) is 16.9. The van der Waals surface area contributed by atoms with Gasteiger partial charge < -0.3 is 4.74 Å². The van der Waals surface area contributed by atoms with Crippen molar-refractivity contribution in [2.45, 2.75) is 38.0 Å². The number of hydrogen-bond donors (Lipinski definition) is 0. The Kier molecular flexibility index (Phi) is 7.22. The van der Waals surface area contributed by atoms with Crippen LogP contribution in [0, 0.1) is 6.92 Å². The van der Waals surface area contributed by atoms with E-state index in [1.807, 2.05) is 74.5 Å². The van der Waals surface area contributed by atoms with Crippen LogP contribution in [0.2, 0.25) is 0 Å². The predicted octanol–water partition coefficient (Wildman–Crippen LogP) is 6.22. The fourth-order valence-electron chi connectivity index (χ4n) is 4.23. The van der Waals surface area contributed by atoms with Gasteiger partial charge in [0.1, 0.15) is 0 Å². The van der Waals surface area contributed by atoms with Crippen molar-refractivity contribution in [3.8, 4) is 0 Å². The number of allylic oxidation sites excluding steroid dienone is 1. The molecule has 4 aromatic rings. The van der Waals surface area contributed by atoms with Crippen molar-refractivity contribution in [1.29, 1.82) is 0 Å². The number of rotatable bonds is 8. The van der Waals surface area contributed by atoms with Gasteiger partial charge in [0.15, 0.2) is 0 Å². The number of benzene rings is 3. The molecule has 1 aromatic heterocycles. The lowest BCUT2D eigenvalue weighted by Gasteiger charge is -2.15. The number of aromatic nitrogens is 1. The quantitative estimate of drug-likeness (QED) is 0.219. The van der Waals surface area contributed by atoms with E-state index in [9.17, 15) is 13.2 Å². The zero-order valence-electron chi connectivity index (χ0n) is 20.1. The molecular weight excluding hydrogens is 458 g/mol. The van der Waals surface area contributed by atoms with Crippen LogP contribution in [-0.4, -0.2) is 25.0 Å². The lowest BCUT2D eigenvalue weighted by molar-refractivity contribution is -0.138. The Morgan fingerprint density at radius 2 is 1.60 bits per heavy atom. The average molecular weight is 488 g/mol. The van der Waals surface area contributed by atoms with Crippen LogP contribution in [0.25, 0.3) is 10.9 Å². The van der Waals surface area contributed by atoms with Gasteiger partial charge in [-0.2, -0.15) is 0 Å². The van der Waals surface area contributed by atoms with E-state index in [1.54, 1.807) is 37.4 Å². The topological polar surface area (TPSA) is 65.4 Å². The van der Waals surface area contributed by atoms with Crippen LogP contribution in [0.3, 0.4) is 0 Å². The van der Waals surface area contributed by atoms with E-state index >= 15 is 0 Å². The first kappa shape index (κ1) is 24.5. The number of fused-ring (bicyclic) bond motifs is 1. The Balaban J connectivity index is 1.96. The number of esters is 1. The minimum atomic E-state index is -3.83. The highest BCUT2D eigenvalue weighted by atomic mass is 32.2. The molecule has 0 aliphatic rings. The molecule has 35 heavy (non-hydrogen) atoms. The summed E-state index contributed by atoms with van der Waals surface area (Å²) in [4.78, 5) is 12.8. The molecule has 4 rings (SSSR count). The zero-order chi connectivity index (χ0) is 25.0. The Bertz CT molecular complexity index is 1470. The summed E-state index contributed by atoms with van der Waals surface area (Å²) in [6.45, 7) is 5.91. The zero-order valence-corrected chi connectivity index (χ0v) is 21.0. The van der Waals surface area contributed by atoms with Gasteiger partial charge in [-0.05, 0) is 49.6 Å². The lowest BCUT2D eigenvalue weighted by Crippen LogP contribution is -2.12. The molecular formula is C29H29NO4S. The number of ether oxygens (including phenoxy) is 1. The van der Waals surface area contributed by atoms with Crippen molar-refractivity contribution in [3.05, 3.63) is 113 Å². The summed E-state index contributed by atoms with van der Waals surface area (Å²) in [5, 5.41) is 0.813. The third-order valence-electron chi connectivity index (χ3n) is 6.07. The van der Waals surface area contributed by atoms with Gasteiger partial charge in [-0.1, -0.05) is 79.2 Å². The van der Waals surface area contributed by atoms with E-state index in [1.165, 1.54) is 3.97 Å². The summed E-state index contributed by atoms with van der Waals surface area (Å²) in [6.07, 6.45) is 4.09. The number of para-hydroxylation sites is 1. The second-order valence-corrected chi connectivity index (χ2v) is 10.2. The van der Waals surface area contributed by atoms with Gasteiger partial charge in [0.2, 0.25) is 0 Å². The molecule has 0 bridgehead atoms. The highest BCUT2D eigenvalue weighted by molar-refractivity contribution is 7.90. The molecule has 0 saturated carbocycles. The van der Waals surface area contributed by atoms with Gasteiger partial charge in [-0.15, -0.1) is 0 Å². The molecule has 0 radical (unpaired) electrons. The maximum Gasteiger partial charge on any atom is 0.333 e. The standard InChI is InChI=1S/C29H29NO4S/c1-4-22(29(31)34-5-2)19-26(23-11-7-6-8-12-23)27-20-30(28-14-10-9-13-25(27)28)35(32,33)24-17-15-21(3)16-18-24/h6-20,26H,4-5H2,1-3H3/b22-19-. The molecule has 0 amide bonds. The predicted molar refractivity (Wildman–Crippen MR) is 139 cm³/mol. The molecule has 5 nitrogen and oxygen atoms in total. The van der Waals surface area contributed by atoms with Gasteiger partial charge >= 0.3 is 5.97 Å². The van der Waals surface area contributed by atoms with Crippen LogP contribution in [0.1, 0.15) is 42.9 Å². The Labute approximate surface area is 206 Å². The molecule has 3 aromatic carbocycles. The number of nitrogens with zero attached hydrogens (tertiary/aromatic N) is 1. The van der Waals surface area contributed by atoms with E-state index in [2.05, 4.69) is 0 Å². The van der Waals surface area contributed by atoms with Crippen molar-refractivity contribution in [3.63, 3.8) is 0 Å². The average Bonchev–Trinajstić information content (AvgIpc) is 3.26. The maximum atomic E-state index is 13.7. The molecule has 0 saturated heterocycles. The largest absolute Gasteiger partial charge is 0.463 e. The van der Waals surface area contributed by atoms with Crippen molar-refractivity contribution in [1.82, 2.24) is 3.97 Å². The van der Waals surface area contributed by atoms with Crippen molar-refractivity contribution >= 4 is 26.9 Å². The van der Waals surface area contributed by atoms with Gasteiger partial charge in [-0.3, -0.25) is 0 Å². The van der Waals surface area contributed by atoms with Gasteiger partial charge in [0.25, 0.3) is 10.0 Å². The molecule has 180 valence electrons. The van der Waals surface area contributed by atoms with Crippen molar-refractivity contribution in [2.75, 3.05) is 6.61 Å². The Morgan fingerprint density at radius 1 is 0.943 bits per heavy atom. The van der Waals surface area contributed by atoms with Gasteiger partial charge in [0.05, 0.1) is 17.0 Å². The van der Waals surface area contributed by atoms with E-state index in [0.29, 0.717) is 24.1 Å². The smallest absolute Gasteiger partial charge is 0.333 e. The summed E-state index contributed by atoms with van der Waals surface area (Å²) < 4.78 is 34.0.